The summed E-state index contributed by atoms with van der Waals surface area (Å²) in [5.41, 5.74) is 2.20. The van der Waals surface area contributed by atoms with E-state index in [0.717, 1.165) is 0 Å². The van der Waals surface area contributed by atoms with Gasteiger partial charge >= 0.3 is 0 Å². The van der Waals surface area contributed by atoms with Gasteiger partial charge in [-0.25, -0.2) is 5.84 Å². The zero-order valence-corrected chi connectivity index (χ0v) is 7.56. The smallest absolute Gasteiger partial charge is 0.217 e. The van der Waals surface area contributed by atoms with Crippen LogP contribution < -0.4 is 16.6 Å². The average Bonchev–Trinajstić information content (AvgIpc) is 2.66. The number of furan rings is 1. The molecule has 4 N–H and O–H groups in total. The maximum Gasteiger partial charge on any atom is 0.217 e. The van der Waals surface area contributed by atoms with Crippen molar-refractivity contribution in [1.29, 1.82) is 0 Å². The highest BCUT2D eigenvalue weighted by Crippen LogP contribution is 1.99. The van der Waals surface area contributed by atoms with Crippen LogP contribution in [0.1, 0.15) is 10.6 Å². The Hall–Kier alpha value is -1.40. The van der Waals surface area contributed by atoms with Gasteiger partial charge in [0.15, 0.2) is 10.9 Å². The largest absolute Gasteiger partial charge is 0.461 e. The van der Waals surface area contributed by atoms with Crippen LogP contribution in [0.5, 0.6) is 0 Å². The van der Waals surface area contributed by atoms with Crippen molar-refractivity contribution >= 4 is 23.1 Å². The van der Waals surface area contributed by atoms with E-state index in [2.05, 4.69) is 23.0 Å². The molecule has 70 valence electrons. The van der Waals surface area contributed by atoms with E-state index in [1.165, 1.54) is 6.26 Å². The van der Waals surface area contributed by atoms with Crippen LogP contribution >= 0.6 is 12.2 Å². The molecule has 0 aliphatic heterocycles. The van der Waals surface area contributed by atoms with Gasteiger partial charge in [0.2, 0.25) is 5.78 Å². The van der Waals surface area contributed by atoms with Crippen molar-refractivity contribution < 1.29 is 9.21 Å². The SMILES string of the molecule is NNC(=S)NCC(=O)c1ccco1. The Kier molecular flexibility index (Phi) is 3.41. The fraction of sp³-hybridized carbons (Fsp3) is 0.143. The van der Waals surface area contributed by atoms with E-state index < -0.39 is 0 Å². The molecule has 0 radical (unpaired) electrons. The Morgan fingerprint density at radius 3 is 3.00 bits per heavy atom. The van der Waals surface area contributed by atoms with E-state index in [1.54, 1.807) is 12.1 Å². The first-order valence-electron chi connectivity index (χ1n) is 3.55. The molecule has 1 aromatic rings. The third-order valence-corrected chi connectivity index (χ3v) is 1.60. The molecule has 0 unspecified atom stereocenters. The molecule has 0 fully saturated rings. The van der Waals surface area contributed by atoms with Crippen molar-refractivity contribution in [2.75, 3.05) is 6.54 Å². The van der Waals surface area contributed by atoms with Gasteiger partial charge in [0.05, 0.1) is 12.8 Å². The lowest BCUT2D eigenvalue weighted by molar-refractivity contribution is 0.0970. The summed E-state index contributed by atoms with van der Waals surface area (Å²) in [6.45, 7) is 0.0660. The van der Waals surface area contributed by atoms with Crippen molar-refractivity contribution in [3.8, 4) is 0 Å². The van der Waals surface area contributed by atoms with E-state index in [0.29, 0.717) is 5.76 Å². The summed E-state index contributed by atoms with van der Waals surface area (Å²) in [5, 5.41) is 2.83. The first-order chi connectivity index (χ1) is 6.24. The number of nitrogens with two attached hydrogens (primary N) is 1. The van der Waals surface area contributed by atoms with Gasteiger partial charge in [-0.05, 0) is 24.4 Å². The highest BCUT2D eigenvalue weighted by molar-refractivity contribution is 7.80. The molecular weight excluding hydrogens is 190 g/mol. The fourth-order valence-electron chi connectivity index (χ4n) is 0.736. The van der Waals surface area contributed by atoms with Crippen molar-refractivity contribution in [2.24, 2.45) is 5.84 Å². The number of nitrogens with one attached hydrogen (secondary N) is 2. The van der Waals surface area contributed by atoms with Crippen LogP contribution in [0.15, 0.2) is 22.8 Å². The van der Waals surface area contributed by atoms with E-state index >= 15 is 0 Å². The van der Waals surface area contributed by atoms with E-state index in [1.807, 2.05) is 0 Å². The van der Waals surface area contributed by atoms with Gasteiger partial charge in [-0.2, -0.15) is 0 Å². The van der Waals surface area contributed by atoms with E-state index in [9.17, 15) is 4.79 Å². The van der Waals surface area contributed by atoms with E-state index in [-0.39, 0.29) is 17.4 Å². The number of Topliss-reactive ketones (excluding diaryl/α,β-unsaturated/α-hetero) is 1. The van der Waals surface area contributed by atoms with Crippen LogP contribution in [0.25, 0.3) is 0 Å². The second kappa shape index (κ2) is 4.58. The Morgan fingerprint density at radius 1 is 1.69 bits per heavy atom. The molecule has 1 rings (SSSR count). The number of ketones is 1. The first kappa shape index (κ1) is 9.69. The molecule has 0 amide bonds. The summed E-state index contributed by atoms with van der Waals surface area (Å²) in [4.78, 5) is 11.2. The second-order valence-corrected chi connectivity index (χ2v) is 2.64. The molecule has 6 heteroatoms. The van der Waals surface area contributed by atoms with Crippen LogP contribution in [0.2, 0.25) is 0 Å². The van der Waals surface area contributed by atoms with Gasteiger partial charge in [0.25, 0.3) is 0 Å². The number of thiocarbonyl (C=S) groups is 1. The summed E-state index contributed by atoms with van der Waals surface area (Å²) in [5.74, 6) is 5.11. The predicted octanol–water partition coefficient (Wildman–Crippen LogP) is -0.200. The maximum absolute atomic E-state index is 11.2. The van der Waals surface area contributed by atoms with Gasteiger partial charge in [0, 0.05) is 0 Å². The van der Waals surface area contributed by atoms with Gasteiger partial charge in [-0.1, -0.05) is 0 Å². The Bertz CT molecular complexity index is 297. The summed E-state index contributed by atoms with van der Waals surface area (Å²) in [7, 11) is 0. The molecule has 0 spiro atoms. The number of carbonyl (C=O) groups excluding carboxylic acids is 1. The topological polar surface area (TPSA) is 80.3 Å². The molecule has 0 saturated carbocycles. The number of hydrogen-bond donors (Lipinski definition) is 3. The van der Waals surface area contributed by atoms with Crippen LogP contribution in [0.4, 0.5) is 0 Å². The lowest BCUT2D eigenvalue weighted by Gasteiger charge is -2.03. The number of hydrogen-bond acceptors (Lipinski definition) is 4. The molecule has 0 aromatic carbocycles. The zero-order valence-electron chi connectivity index (χ0n) is 6.74. The molecular formula is C7H9N3O2S. The van der Waals surface area contributed by atoms with Crippen molar-refractivity contribution in [3.63, 3.8) is 0 Å². The minimum atomic E-state index is -0.178. The first-order valence-corrected chi connectivity index (χ1v) is 3.96. The molecule has 0 aliphatic rings. The molecule has 1 heterocycles. The maximum atomic E-state index is 11.2. The van der Waals surface area contributed by atoms with Crippen molar-refractivity contribution in [1.82, 2.24) is 10.7 Å². The highest BCUT2D eigenvalue weighted by Gasteiger charge is 2.07. The predicted molar refractivity (Wildman–Crippen MR) is 51.0 cm³/mol. The van der Waals surface area contributed by atoms with Crippen molar-refractivity contribution in [3.05, 3.63) is 24.2 Å². The zero-order chi connectivity index (χ0) is 9.68. The quantitative estimate of drug-likeness (QED) is 0.271. The van der Waals surface area contributed by atoms with Crippen LogP contribution in [0.3, 0.4) is 0 Å². The van der Waals surface area contributed by atoms with Crippen LogP contribution in [-0.4, -0.2) is 17.4 Å². The minimum Gasteiger partial charge on any atom is -0.461 e. The standard InChI is InChI=1S/C7H9N3O2S/c8-10-7(13)9-4-5(11)6-2-1-3-12-6/h1-3H,4,8H2,(H2,9,10,13). The average molecular weight is 199 g/mol. The van der Waals surface area contributed by atoms with E-state index in [4.69, 9.17) is 10.3 Å². The van der Waals surface area contributed by atoms with Crippen LogP contribution in [-0.2, 0) is 0 Å². The Labute approximate surface area is 80.3 Å². The van der Waals surface area contributed by atoms with Gasteiger partial charge in [0.1, 0.15) is 0 Å². The summed E-state index contributed by atoms with van der Waals surface area (Å²) >= 11 is 4.67. The van der Waals surface area contributed by atoms with Gasteiger partial charge < -0.3 is 15.2 Å². The lowest BCUT2D eigenvalue weighted by Crippen LogP contribution is -2.41. The second-order valence-electron chi connectivity index (χ2n) is 2.23. The van der Waals surface area contributed by atoms with Gasteiger partial charge in [-0.15, -0.1) is 0 Å². The summed E-state index contributed by atoms with van der Waals surface area (Å²) in [6.07, 6.45) is 1.44. The number of rotatable bonds is 3. The number of carbonyl (C=O) groups is 1. The summed E-state index contributed by atoms with van der Waals surface area (Å²) in [6, 6.07) is 3.23. The number of hydrazine groups is 1. The van der Waals surface area contributed by atoms with Crippen molar-refractivity contribution in [2.45, 2.75) is 0 Å². The molecule has 13 heavy (non-hydrogen) atoms. The normalized spacial score (nSPS) is 9.31. The molecule has 0 aliphatic carbocycles. The Morgan fingerprint density at radius 2 is 2.46 bits per heavy atom. The molecule has 0 atom stereocenters. The fourth-order valence-corrected chi connectivity index (χ4v) is 0.808. The monoisotopic (exact) mass is 199 g/mol. The molecule has 0 bridgehead atoms. The molecule has 1 aromatic heterocycles. The summed E-state index contributed by atoms with van der Waals surface area (Å²) < 4.78 is 4.88. The van der Waals surface area contributed by atoms with Crippen LogP contribution in [0, 0.1) is 0 Å². The van der Waals surface area contributed by atoms with Gasteiger partial charge in [-0.3, -0.25) is 4.79 Å². The third kappa shape index (κ3) is 2.85. The third-order valence-electron chi connectivity index (χ3n) is 1.34. The molecule has 5 nitrogen and oxygen atoms in total. The Balaban J connectivity index is 2.39. The minimum absolute atomic E-state index is 0.0660. The highest BCUT2D eigenvalue weighted by atomic mass is 32.1. The molecule has 0 saturated heterocycles. The lowest BCUT2D eigenvalue weighted by atomic mass is 10.3.